The number of hydrogen-bond donors (Lipinski definition) is 1. The maximum Gasteiger partial charge on any atom is 0.409 e. The first-order chi connectivity index (χ1) is 8.15. The Labute approximate surface area is 109 Å². The van der Waals surface area contributed by atoms with Crippen LogP contribution in [0, 0.1) is 0 Å². The lowest BCUT2D eigenvalue weighted by Gasteiger charge is -2.24. The van der Waals surface area contributed by atoms with Crippen LogP contribution in [0.2, 0.25) is 0 Å². The second-order valence-electron chi connectivity index (χ2n) is 5.13. The number of carbonyl (C=O) groups is 2. The SMILES string of the molecule is CCOC(=O)N(C)C[C@H](C)NC(=O)OC(C)(C)C. The van der Waals surface area contributed by atoms with Crippen LogP contribution in [0.25, 0.3) is 0 Å². The highest BCUT2D eigenvalue weighted by atomic mass is 16.6. The zero-order valence-corrected chi connectivity index (χ0v) is 12.1. The summed E-state index contributed by atoms with van der Waals surface area (Å²) in [6.45, 7) is 9.61. The van der Waals surface area contributed by atoms with E-state index in [9.17, 15) is 9.59 Å². The summed E-state index contributed by atoms with van der Waals surface area (Å²) < 4.78 is 9.95. The van der Waals surface area contributed by atoms with Gasteiger partial charge < -0.3 is 19.7 Å². The third kappa shape index (κ3) is 7.76. The van der Waals surface area contributed by atoms with E-state index < -0.39 is 17.8 Å². The summed E-state index contributed by atoms with van der Waals surface area (Å²) >= 11 is 0. The van der Waals surface area contributed by atoms with Gasteiger partial charge in [-0.1, -0.05) is 0 Å². The Morgan fingerprint density at radius 1 is 1.33 bits per heavy atom. The molecular weight excluding hydrogens is 236 g/mol. The number of rotatable bonds is 4. The van der Waals surface area contributed by atoms with E-state index in [2.05, 4.69) is 5.32 Å². The molecule has 0 saturated carbocycles. The van der Waals surface area contributed by atoms with Crippen molar-refractivity contribution in [2.24, 2.45) is 0 Å². The largest absolute Gasteiger partial charge is 0.450 e. The number of carbonyl (C=O) groups excluding carboxylic acids is 2. The van der Waals surface area contributed by atoms with Crippen LogP contribution >= 0.6 is 0 Å². The van der Waals surface area contributed by atoms with Crippen molar-refractivity contribution < 1.29 is 19.1 Å². The molecule has 0 aromatic carbocycles. The van der Waals surface area contributed by atoms with Gasteiger partial charge in [-0.2, -0.15) is 0 Å². The van der Waals surface area contributed by atoms with Crippen molar-refractivity contribution in [2.45, 2.75) is 46.3 Å². The first-order valence-electron chi connectivity index (χ1n) is 6.03. The first-order valence-corrected chi connectivity index (χ1v) is 6.03. The van der Waals surface area contributed by atoms with Crippen LogP contribution in [0.15, 0.2) is 0 Å². The molecule has 1 atom stereocenters. The molecular formula is C12H24N2O4. The third-order valence-corrected chi connectivity index (χ3v) is 1.89. The second-order valence-corrected chi connectivity index (χ2v) is 5.13. The van der Waals surface area contributed by atoms with E-state index in [0.29, 0.717) is 13.2 Å². The molecule has 0 aliphatic rings. The number of likely N-dealkylation sites (N-methyl/N-ethyl adjacent to an activating group) is 1. The number of nitrogens with zero attached hydrogens (tertiary/aromatic N) is 1. The fourth-order valence-electron chi connectivity index (χ4n) is 1.27. The third-order valence-electron chi connectivity index (χ3n) is 1.89. The predicted octanol–water partition coefficient (Wildman–Crippen LogP) is 1.99. The van der Waals surface area contributed by atoms with Crippen molar-refractivity contribution in [3.8, 4) is 0 Å². The molecule has 0 bridgehead atoms. The van der Waals surface area contributed by atoms with Crippen molar-refractivity contribution in [1.82, 2.24) is 10.2 Å². The summed E-state index contributed by atoms with van der Waals surface area (Å²) in [5.74, 6) is 0. The molecule has 0 spiro atoms. The van der Waals surface area contributed by atoms with Crippen LogP contribution in [0.1, 0.15) is 34.6 Å². The minimum absolute atomic E-state index is 0.214. The lowest BCUT2D eigenvalue weighted by Crippen LogP contribution is -2.44. The summed E-state index contributed by atoms with van der Waals surface area (Å²) in [7, 11) is 1.62. The van der Waals surface area contributed by atoms with Crippen LogP contribution in [-0.2, 0) is 9.47 Å². The van der Waals surface area contributed by atoms with E-state index >= 15 is 0 Å². The fourth-order valence-corrected chi connectivity index (χ4v) is 1.27. The van der Waals surface area contributed by atoms with Crippen molar-refractivity contribution in [3.05, 3.63) is 0 Å². The molecule has 0 saturated heterocycles. The van der Waals surface area contributed by atoms with Gasteiger partial charge in [0.05, 0.1) is 6.61 Å². The Morgan fingerprint density at radius 3 is 2.33 bits per heavy atom. The monoisotopic (exact) mass is 260 g/mol. The van der Waals surface area contributed by atoms with E-state index in [1.165, 1.54) is 4.90 Å². The quantitative estimate of drug-likeness (QED) is 0.839. The maximum absolute atomic E-state index is 11.5. The van der Waals surface area contributed by atoms with Crippen LogP contribution < -0.4 is 5.32 Å². The van der Waals surface area contributed by atoms with Crippen molar-refractivity contribution in [3.63, 3.8) is 0 Å². The van der Waals surface area contributed by atoms with Crippen molar-refractivity contribution in [2.75, 3.05) is 20.2 Å². The van der Waals surface area contributed by atoms with Crippen LogP contribution in [0.3, 0.4) is 0 Å². The lowest BCUT2D eigenvalue weighted by atomic mass is 10.2. The summed E-state index contributed by atoms with van der Waals surface area (Å²) in [4.78, 5) is 24.2. The molecule has 0 unspecified atom stereocenters. The standard InChI is InChI=1S/C12H24N2O4/c1-7-17-11(16)14(6)8-9(2)13-10(15)18-12(3,4)5/h9H,7-8H2,1-6H3,(H,13,15)/t9-/m0/s1. The minimum Gasteiger partial charge on any atom is -0.450 e. The molecule has 0 aliphatic heterocycles. The van der Waals surface area contributed by atoms with Crippen LogP contribution in [0.5, 0.6) is 0 Å². The van der Waals surface area contributed by atoms with Gasteiger partial charge in [-0.3, -0.25) is 0 Å². The number of ether oxygens (including phenoxy) is 2. The van der Waals surface area contributed by atoms with Gasteiger partial charge in [-0.25, -0.2) is 9.59 Å². The van der Waals surface area contributed by atoms with Gasteiger partial charge in [0.15, 0.2) is 0 Å². The Kier molecular flexibility index (Phi) is 6.51. The van der Waals surface area contributed by atoms with E-state index in [-0.39, 0.29) is 6.04 Å². The highest BCUT2D eigenvalue weighted by molar-refractivity contribution is 5.69. The van der Waals surface area contributed by atoms with E-state index in [1.807, 2.05) is 0 Å². The Hall–Kier alpha value is -1.46. The predicted molar refractivity (Wildman–Crippen MR) is 68.5 cm³/mol. The van der Waals surface area contributed by atoms with Crippen LogP contribution in [-0.4, -0.2) is 48.9 Å². The van der Waals surface area contributed by atoms with E-state index in [4.69, 9.17) is 9.47 Å². The number of hydrogen-bond acceptors (Lipinski definition) is 4. The molecule has 106 valence electrons. The van der Waals surface area contributed by atoms with Crippen molar-refractivity contribution >= 4 is 12.2 Å². The van der Waals surface area contributed by atoms with Gasteiger partial charge in [0.1, 0.15) is 5.60 Å². The molecule has 0 aromatic heterocycles. The molecule has 18 heavy (non-hydrogen) atoms. The van der Waals surface area contributed by atoms with Gasteiger partial charge in [-0.15, -0.1) is 0 Å². The number of amides is 2. The van der Waals surface area contributed by atoms with E-state index in [0.717, 1.165) is 0 Å². The first kappa shape index (κ1) is 16.5. The average Bonchev–Trinajstić information content (AvgIpc) is 2.13. The van der Waals surface area contributed by atoms with Gasteiger partial charge >= 0.3 is 12.2 Å². The molecule has 6 heteroatoms. The summed E-state index contributed by atoms with van der Waals surface area (Å²) in [6.07, 6.45) is -0.900. The van der Waals surface area contributed by atoms with Gasteiger partial charge in [0, 0.05) is 19.6 Å². The van der Waals surface area contributed by atoms with E-state index in [1.54, 1.807) is 41.7 Å². The zero-order valence-electron chi connectivity index (χ0n) is 12.1. The summed E-state index contributed by atoms with van der Waals surface area (Å²) in [5, 5.41) is 2.65. The smallest absolute Gasteiger partial charge is 0.409 e. The average molecular weight is 260 g/mol. The molecule has 0 aliphatic carbocycles. The Morgan fingerprint density at radius 2 is 1.89 bits per heavy atom. The van der Waals surface area contributed by atoms with Gasteiger partial charge in [0.2, 0.25) is 0 Å². The zero-order chi connectivity index (χ0) is 14.3. The number of nitrogens with one attached hydrogen (secondary N) is 1. The second kappa shape index (κ2) is 7.08. The lowest BCUT2D eigenvalue weighted by molar-refractivity contribution is 0.0494. The Bertz CT molecular complexity index is 286. The van der Waals surface area contributed by atoms with Gasteiger partial charge in [-0.05, 0) is 34.6 Å². The summed E-state index contributed by atoms with van der Waals surface area (Å²) in [6, 6.07) is -0.214. The molecule has 2 amide bonds. The maximum atomic E-state index is 11.5. The highest BCUT2D eigenvalue weighted by Gasteiger charge is 2.19. The normalized spacial score (nSPS) is 12.6. The van der Waals surface area contributed by atoms with Gasteiger partial charge in [0.25, 0.3) is 0 Å². The number of alkyl carbamates (subject to hydrolysis) is 1. The van der Waals surface area contributed by atoms with Crippen molar-refractivity contribution in [1.29, 1.82) is 0 Å². The molecule has 0 heterocycles. The Balaban J connectivity index is 4.07. The fraction of sp³-hybridized carbons (Fsp3) is 0.833. The molecule has 1 N–H and O–H groups in total. The molecule has 6 nitrogen and oxygen atoms in total. The summed E-state index contributed by atoms with van der Waals surface area (Å²) in [5.41, 5.74) is -0.531. The topological polar surface area (TPSA) is 67.9 Å². The molecule has 0 radical (unpaired) electrons. The highest BCUT2D eigenvalue weighted by Crippen LogP contribution is 2.06. The molecule has 0 fully saturated rings. The molecule has 0 rings (SSSR count). The minimum atomic E-state index is -0.531. The van der Waals surface area contributed by atoms with Crippen LogP contribution in [0.4, 0.5) is 9.59 Å². The molecule has 0 aromatic rings.